The average Bonchev–Trinajstić information content (AvgIpc) is 2.40. The lowest BCUT2D eigenvalue weighted by atomic mass is 10.2. The number of para-hydroxylation sites is 2. The van der Waals surface area contributed by atoms with Crippen LogP contribution in [0.3, 0.4) is 0 Å². The van der Waals surface area contributed by atoms with Crippen molar-refractivity contribution >= 4 is 15.7 Å². The number of aliphatic hydroxyl groups excluding tert-OH is 1. The first-order valence-corrected chi connectivity index (χ1v) is 8.22. The molecule has 0 aliphatic rings. The van der Waals surface area contributed by atoms with Crippen molar-refractivity contribution in [2.45, 2.75) is 25.8 Å². The minimum absolute atomic E-state index is 0.0269. The molecule has 1 unspecified atom stereocenters. The van der Waals surface area contributed by atoms with Gasteiger partial charge < -0.3 is 15.6 Å². The third-order valence-corrected chi connectivity index (χ3v) is 4.24. The van der Waals surface area contributed by atoms with E-state index < -0.39 is 10.0 Å². The Morgan fingerprint density at radius 2 is 2.10 bits per heavy atom. The largest absolute Gasteiger partial charge is 0.490 e. The van der Waals surface area contributed by atoms with E-state index >= 15 is 0 Å². The van der Waals surface area contributed by atoms with Crippen molar-refractivity contribution in [2.75, 3.05) is 24.7 Å². The van der Waals surface area contributed by atoms with Gasteiger partial charge in [0.1, 0.15) is 12.4 Å². The van der Waals surface area contributed by atoms with Gasteiger partial charge in [-0.3, -0.25) is 0 Å². The summed E-state index contributed by atoms with van der Waals surface area (Å²) >= 11 is 0. The molecule has 7 heteroatoms. The molecule has 1 rings (SSSR count). The van der Waals surface area contributed by atoms with Crippen molar-refractivity contribution in [1.29, 1.82) is 0 Å². The number of rotatable bonds is 9. The van der Waals surface area contributed by atoms with E-state index in [4.69, 9.17) is 15.6 Å². The second-order valence-corrected chi connectivity index (χ2v) is 6.31. The van der Waals surface area contributed by atoms with E-state index in [-0.39, 0.29) is 25.0 Å². The molecule has 0 aromatic heterocycles. The third kappa shape index (κ3) is 5.77. The smallest absolute Gasteiger partial charge is 0.215 e. The molecule has 0 radical (unpaired) electrons. The molecule has 0 saturated heterocycles. The summed E-state index contributed by atoms with van der Waals surface area (Å²) in [4.78, 5) is 0. The molecule has 1 aromatic rings. The maximum atomic E-state index is 11.8. The highest BCUT2D eigenvalue weighted by Gasteiger charge is 2.16. The molecule has 1 atom stereocenters. The Kier molecular flexibility index (Phi) is 6.77. The van der Waals surface area contributed by atoms with Crippen LogP contribution in [0.25, 0.3) is 0 Å². The van der Waals surface area contributed by atoms with Gasteiger partial charge in [-0.25, -0.2) is 13.1 Å². The molecule has 0 aliphatic carbocycles. The van der Waals surface area contributed by atoms with E-state index in [1.807, 2.05) is 6.92 Å². The minimum Gasteiger partial charge on any atom is -0.490 e. The number of nitrogens with one attached hydrogen (secondary N) is 1. The summed E-state index contributed by atoms with van der Waals surface area (Å²) < 4.78 is 31.6. The summed E-state index contributed by atoms with van der Waals surface area (Å²) in [6.45, 7) is 1.85. The monoisotopic (exact) mass is 302 g/mol. The van der Waals surface area contributed by atoms with Gasteiger partial charge in [0.15, 0.2) is 0 Å². The number of hydrogen-bond acceptors (Lipinski definition) is 5. The minimum atomic E-state index is -3.43. The van der Waals surface area contributed by atoms with Gasteiger partial charge in [-0.2, -0.15) is 0 Å². The lowest BCUT2D eigenvalue weighted by Gasteiger charge is -2.16. The average molecular weight is 302 g/mol. The highest BCUT2D eigenvalue weighted by Crippen LogP contribution is 2.19. The molecule has 4 N–H and O–H groups in total. The summed E-state index contributed by atoms with van der Waals surface area (Å²) in [5, 5.41) is 8.85. The lowest BCUT2D eigenvalue weighted by Crippen LogP contribution is -2.37. The first-order chi connectivity index (χ1) is 9.48. The third-order valence-electron chi connectivity index (χ3n) is 2.85. The molecule has 0 aliphatic heterocycles. The van der Waals surface area contributed by atoms with Crippen LogP contribution in [-0.2, 0) is 10.0 Å². The van der Waals surface area contributed by atoms with E-state index in [2.05, 4.69) is 4.72 Å². The fourth-order valence-corrected chi connectivity index (χ4v) is 2.90. The Hall–Kier alpha value is -1.31. The standard InChI is InChI=1S/C13H22N2O4S/c1-2-11(7-8-16)15-20(17,18)10-9-19-13-6-4-3-5-12(13)14/h3-6,11,15-16H,2,7-10,14H2,1H3. The van der Waals surface area contributed by atoms with E-state index in [0.29, 0.717) is 24.3 Å². The number of aliphatic hydroxyl groups is 1. The SMILES string of the molecule is CCC(CCO)NS(=O)(=O)CCOc1ccccc1N. The highest BCUT2D eigenvalue weighted by molar-refractivity contribution is 7.89. The van der Waals surface area contributed by atoms with Gasteiger partial charge in [0.2, 0.25) is 10.0 Å². The summed E-state index contributed by atoms with van der Waals surface area (Å²) in [5.74, 6) is 0.327. The number of benzene rings is 1. The molecular formula is C13H22N2O4S. The molecule has 0 spiro atoms. The molecule has 114 valence electrons. The van der Waals surface area contributed by atoms with E-state index in [1.165, 1.54) is 0 Å². The maximum absolute atomic E-state index is 11.8. The lowest BCUT2D eigenvalue weighted by molar-refractivity contribution is 0.270. The van der Waals surface area contributed by atoms with Crippen LogP contribution in [0.2, 0.25) is 0 Å². The van der Waals surface area contributed by atoms with Crippen molar-refractivity contribution in [3.05, 3.63) is 24.3 Å². The van der Waals surface area contributed by atoms with Gasteiger partial charge in [-0.15, -0.1) is 0 Å². The quantitative estimate of drug-likeness (QED) is 0.584. The van der Waals surface area contributed by atoms with Crippen LogP contribution in [0.4, 0.5) is 5.69 Å². The molecule has 0 heterocycles. The topological polar surface area (TPSA) is 102 Å². The fourth-order valence-electron chi connectivity index (χ4n) is 1.69. The normalized spacial score (nSPS) is 13.1. The first-order valence-electron chi connectivity index (χ1n) is 6.56. The second kappa shape index (κ2) is 8.08. The molecule has 0 saturated carbocycles. The van der Waals surface area contributed by atoms with E-state index in [9.17, 15) is 8.42 Å². The summed E-state index contributed by atoms with van der Waals surface area (Å²) in [5.41, 5.74) is 6.17. The van der Waals surface area contributed by atoms with Crippen molar-refractivity contribution in [3.63, 3.8) is 0 Å². The van der Waals surface area contributed by atoms with Crippen LogP contribution in [0.5, 0.6) is 5.75 Å². The first kappa shape index (κ1) is 16.7. The predicted octanol–water partition coefficient (Wildman–Crippen LogP) is 0.728. The molecule has 1 aromatic carbocycles. The summed E-state index contributed by atoms with van der Waals surface area (Å²) in [6.07, 6.45) is 1.04. The zero-order valence-electron chi connectivity index (χ0n) is 11.6. The van der Waals surface area contributed by atoms with Crippen molar-refractivity contribution in [2.24, 2.45) is 0 Å². The van der Waals surface area contributed by atoms with Gasteiger partial charge >= 0.3 is 0 Å². The highest BCUT2D eigenvalue weighted by atomic mass is 32.2. The van der Waals surface area contributed by atoms with Crippen LogP contribution in [0.1, 0.15) is 19.8 Å². The zero-order valence-corrected chi connectivity index (χ0v) is 12.4. The van der Waals surface area contributed by atoms with Gasteiger partial charge in [-0.1, -0.05) is 19.1 Å². The predicted molar refractivity (Wildman–Crippen MR) is 79.1 cm³/mol. The second-order valence-electron chi connectivity index (χ2n) is 4.44. The van der Waals surface area contributed by atoms with Crippen molar-refractivity contribution in [3.8, 4) is 5.75 Å². The molecule has 6 nitrogen and oxygen atoms in total. The number of nitrogen functional groups attached to an aromatic ring is 1. The Labute approximate surface area is 120 Å². The van der Waals surface area contributed by atoms with Gasteiger partial charge in [-0.05, 0) is 25.0 Å². The molecular weight excluding hydrogens is 280 g/mol. The van der Waals surface area contributed by atoms with Crippen LogP contribution in [0, 0.1) is 0 Å². The number of anilines is 1. The molecule has 20 heavy (non-hydrogen) atoms. The molecule has 0 bridgehead atoms. The number of ether oxygens (including phenoxy) is 1. The zero-order chi connectivity index (χ0) is 15.0. The van der Waals surface area contributed by atoms with Crippen LogP contribution in [-0.4, -0.2) is 38.5 Å². The number of hydrogen-bond donors (Lipinski definition) is 3. The van der Waals surface area contributed by atoms with E-state index in [0.717, 1.165) is 0 Å². The van der Waals surface area contributed by atoms with Gasteiger partial charge in [0, 0.05) is 12.6 Å². The van der Waals surface area contributed by atoms with Crippen LogP contribution in [0.15, 0.2) is 24.3 Å². The van der Waals surface area contributed by atoms with Crippen molar-refractivity contribution < 1.29 is 18.3 Å². The Bertz CT molecular complexity index is 505. The van der Waals surface area contributed by atoms with E-state index in [1.54, 1.807) is 24.3 Å². The Morgan fingerprint density at radius 1 is 1.40 bits per heavy atom. The fraction of sp³-hybridized carbons (Fsp3) is 0.538. The van der Waals surface area contributed by atoms with Crippen LogP contribution >= 0.6 is 0 Å². The number of nitrogens with two attached hydrogens (primary N) is 1. The molecule has 0 fully saturated rings. The van der Waals surface area contributed by atoms with Gasteiger partial charge in [0.05, 0.1) is 11.4 Å². The Balaban J connectivity index is 2.45. The Morgan fingerprint density at radius 3 is 2.70 bits per heavy atom. The number of sulfonamides is 1. The maximum Gasteiger partial charge on any atom is 0.215 e. The van der Waals surface area contributed by atoms with Crippen LogP contribution < -0.4 is 15.2 Å². The summed E-state index contributed by atoms with van der Waals surface area (Å²) in [7, 11) is -3.43. The molecule has 0 amide bonds. The summed E-state index contributed by atoms with van der Waals surface area (Å²) in [6, 6.07) is 6.69. The van der Waals surface area contributed by atoms with Gasteiger partial charge in [0.25, 0.3) is 0 Å². The van der Waals surface area contributed by atoms with Crippen molar-refractivity contribution in [1.82, 2.24) is 4.72 Å².